The molecule has 2 aromatic heterocycles. The lowest BCUT2D eigenvalue weighted by Gasteiger charge is -2.09. The minimum absolute atomic E-state index is 0.527. The van der Waals surface area contributed by atoms with E-state index in [1.807, 2.05) is 6.92 Å². The van der Waals surface area contributed by atoms with Crippen LogP contribution in [0.4, 0.5) is 5.82 Å². The molecule has 1 saturated carbocycles. The van der Waals surface area contributed by atoms with E-state index in [0.717, 1.165) is 17.7 Å². The van der Waals surface area contributed by atoms with Gasteiger partial charge >= 0.3 is 0 Å². The van der Waals surface area contributed by atoms with Gasteiger partial charge in [0.05, 0.1) is 11.8 Å². The third-order valence-electron chi connectivity index (χ3n) is 2.78. The average molecular weight is 216 g/mol. The summed E-state index contributed by atoms with van der Waals surface area (Å²) in [6.07, 6.45) is 6.50. The Bertz CT molecular complexity index is 556. The topological polar surface area (TPSA) is 59.3 Å². The Morgan fingerprint density at radius 1 is 1.50 bits per heavy atom. The Hall–Kier alpha value is -1.91. The first-order chi connectivity index (χ1) is 7.79. The standard InChI is InChI=1S/C11H12N4O/c1-7-4-12-11-8(6-16)5-13-15(11)10(7)14-9-2-3-9/h4-6,9,14H,2-3H2,1H3. The van der Waals surface area contributed by atoms with Crippen molar-refractivity contribution in [2.45, 2.75) is 25.8 Å². The number of aldehydes is 1. The molecule has 5 nitrogen and oxygen atoms in total. The molecule has 0 aliphatic heterocycles. The second-order valence-corrected chi connectivity index (χ2v) is 4.16. The molecular weight excluding hydrogens is 204 g/mol. The van der Waals surface area contributed by atoms with E-state index in [4.69, 9.17) is 0 Å². The Morgan fingerprint density at radius 3 is 3.00 bits per heavy atom. The van der Waals surface area contributed by atoms with Crippen molar-refractivity contribution in [3.05, 3.63) is 23.5 Å². The van der Waals surface area contributed by atoms with Crippen molar-refractivity contribution in [2.24, 2.45) is 0 Å². The second-order valence-electron chi connectivity index (χ2n) is 4.16. The number of aromatic nitrogens is 3. The summed E-state index contributed by atoms with van der Waals surface area (Å²) in [6.45, 7) is 1.99. The zero-order valence-corrected chi connectivity index (χ0v) is 8.97. The van der Waals surface area contributed by atoms with Crippen LogP contribution >= 0.6 is 0 Å². The highest BCUT2D eigenvalue weighted by Crippen LogP contribution is 2.26. The van der Waals surface area contributed by atoms with E-state index in [2.05, 4.69) is 15.4 Å². The highest BCUT2D eigenvalue weighted by molar-refractivity contribution is 5.84. The molecule has 5 heteroatoms. The number of carbonyl (C=O) groups excluding carboxylic acids is 1. The number of nitrogens with one attached hydrogen (secondary N) is 1. The molecule has 1 aliphatic rings. The molecule has 0 aromatic carbocycles. The first kappa shape index (κ1) is 9.33. The smallest absolute Gasteiger partial charge is 0.167 e. The van der Waals surface area contributed by atoms with Crippen molar-refractivity contribution >= 4 is 17.8 Å². The average Bonchev–Trinajstić information content (AvgIpc) is 3.00. The van der Waals surface area contributed by atoms with Crippen LogP contribution in [0.15, 0.2) is 12.4 Å². The summed E-state index contributed by atoms with van der Waals surface area (Å²) in [5.74, 6) is 0.945. The number of hydrogen-bond acceptors (Lipinski definition) is 4. The molecule has 0 unspecified atom stereocenters. The van der Waals surface area contributed by atoms with Gasteiger partial charge in [-0.25, -0.2) is 4.98 Å². The van der Waals surface area contributed by atoms with Gasteiger partial charge in [-0.15, -0.1) is 0 Å². The number of carbonyl (C=O) groups is 1. The van der Waals surface area contributed by atoms with Crippen LogP contribution in [0.3, 0.4) is 0 Å². The van der Waals surface area contributed by atoms with Gasteiger partial charge in [-0.2, -0.15) is 9.61 Å². The summed E-state index contributed by atoms with van der Waals surface area (Å²) in [5.41, 5.74) is 2.18. The minimum Gasteiger partial charge on any atom is -0.367 e. The highest BCUT2D eigenvalue weighted by Gasteiger charge is 2.23. The highest BCUT2D eigenvalue weighted by atomic mass is 16.1. The molecule has 2 heterocycles. The van der Waals surface area contributed by atoms with Crippen LogP contribution in [0.25, 0.3) is 5.65 Å². The third kappa shape index (κ3) is 1.36. The minimum atomic E-state index is 0.527. The summed E-state index contributed by atoms with van der Waals surface area (Å²) in [6, 6.07) is 0.549. The van der Waals surface area contributed by atoms with Crippen LogP contribution < -0.4 is 5.32 Å². The maximum Gasteiger partial charge on any atom is 0.167 e. The van der Waals surface area contributed by atoms with Gasteiger partial charge in [0.15, 0.2) is 11.9 Å². The Balaban J connectivity index is 2.18. The van der Waals surface area contributed by atoms with E-state index < -0.39 is 0 Å². The third-order valence-corrected chi connectivity index (χ3v) is 2.78. The fourth-order valence-electron chi connectivity index (χ4n) is 1.71. The Labute approximate surface area is 92.5 Å². The lowest BCUT2D eigenvalue weighted by Crippen LogP contribution is -2.09. The van der Waals surface area contributed by atoms with Crippen LogP contribution in [0.1, 0.15) is 28.8 Å². The van der Waals surface area contributed by atoms with Gasteiger partial charge in [-0.1, -0.05) is 0 Å². The van der Waals surface area contributed by atoms with E-state index >= 15 is 0 Å². The molecule has 0 saturated heterocycles. The summed E-state index contributed by atoms with van der Waals surface area (Å²) in [4.78, 5) is 15.0. The largest absolute Gasteiger partial charge is 0.367 e. The van der Waals surface area contributed by atoms with Gasteiger partial charge in [0.1, 0.15) is 5.82 Å². The Kier molecular flexibility index (Phi) is 1.92. The van der Waals surface area contributed by atoms with Gasteiger partial charge in [-0.3, -0.25) is 4.79 Å². The fraction of sp³-hybridized carbons (Fsp3) is 0.364. The van der Waals surface area contributed by atoms with E-state index in [1.54, 1.807) is 16.9 Å². The number of aryl methyl sites for hydroxylation is 1. The molecular formula is C11H12N4O. The maximum absolute atomic E-state index is 10.8. The molecule has 0 radical (unpaired) electrons. The number of hydrogen-bond donors (Lipinski definition) is 1. The van der Waals surface area contributed by atoms with E-state index in [0.29, 0.717) is 17.3 Å². The molecule has 0 bridgehead atoms. The van der Waals surface area contributed by atoms with Crippen LogP contribution in [-0.2, 0) is 0 Å². The van der Waals surface area contributed by atoms with Gasteiger partial charge in [-0.05, 0) is 19.8 Å². The second kappa shape index (κ2) is 3.30. The Morgan fingerprint density at radius 2 is 2.31 bits per heavy atom. The summed E-state index contributed by atoms with van der Waals surface area (Å²) in [5, 5.41) is 7.60. The van der Waals surface area contributed by atoms with Crippen molar-refractivity contribution in [2.75, 3.05) is 5.32 Å². The normalized spacial score (nSPS) is 15.3. The number of rotatable bonds is 3. The van der Waals surface area contributed by atoms with Gasteiger partial charge < -0.3 is 5.32 Å². The molecule has 82 valence electrons. The molecule has 1 fully saturated rings. The lowest BCUT2D eigenvalue weighted by molar-refractivity contribution is 0.112. The van der Waals surface area contributed by atoms with E-state index in [-0.39, 0.29) is 0 Å². The quantitative estimate of drug-likeness (QED) is 0.788. The molecule has 0 atom stereocenters. The zero-order chi connectivity index (χ0) is 11.1. The summed E-state index contributed by atoms with van der Waals surface area (Å²) >= 11 is 0. The van der Waals surface area contributed by atoms with Crippen molar-refractivity contribution < 1.29 is 4.79 Å². The first-order valence-electron chi connectivity index (χ1n) is 5.34. The monoisotopic (exact) mass is 216 g/mol. The van der Waals surface area contributed by atoms with E-state index in [1.165, 1.54) is 12.8 Å². The molecule has 2 aromatic rings. The van der Waals surface area contributed by atoms with Crippen molar-refractivity contribution in [1.82, 2.24) is 14.6 Å². The summed E-state index contributed by atoms with van der Waals surface area (Å²) < 4.78 is 1.71. The van der Waals surface area contributed by atoms with Gasteiger partial charge in [0, 0.05) is 17.8 Å². The molecule has 3 rings (SSSR count). The molecule has 0 spiro atoms. The van der Waals surface area contributed by atoms with Crippen LogP contribution in [0.5, 0.6) is 0 Å². The predicted octanol–water partition coefficient (Wildman–Crippen LogP) is 1.42. The van der Waals surface area contributed by atoms with Crippen molar-refractivity contribution in [3.8, 4) is 0 Å². The number of anilines is 1. The first-order valence-corrected chi connectivity index (χ1v) is 5.34. The fourth-order valence-corrected chi connectivity index (χ4v) is 1.71. The number of fused-ring (bicyclic) bond motifs is 1. The predicted molar refractivity (Wildman–Crippen MR) is 59.8 cm³/mol. The van der Waals surface area contributed by atoms with Crippen LogP contribution in [0, 0.1) is 6.92 Å². The molecule has 16 heavy (non-hydrogen) atoms. The van der Waals surface area contributed by atoms with Gasteiger partial charge in [0.25, 0.3) is 0 Å². The van der Waals surface area contributed by atoms with Crippen LogP contribution in [0.2, 0.25) is 0 Å². The number of nitrogens with zero attached hydrogens (tertiary/aromatic N) is 3. The van der Waals surface area contributed by atoms with Crippen molar-refractivity contribution in [1.29, 1.82) is 0 Å². The maximum atomic E-state index is 10.8. The van der Waals surface area contributed by atoms with Crippen molar-refractivity contribution in [3.63, 3.8) is 0 Å². The lowest BCUT2D eigenvalue weighted by atomic mass is 10.3. The molecule has 0 amide bonds. The zero-order valence-electron chi connectivity index (χ0n) is 8.97. The summed E-state index contributed by atoms with van der Waals surface area (Å²) in [7, 11) is 0. The van der Waals surface area contributed by atoms with Gasteiger partial charge in [0.2, 0.25) is 0 Å². The van der Waals surface area contributed by atoms with Crippen LogP contribution in [-0.4, -0.2) is 26.9 Å². The molecule has 1 aliphatic carbocycles. The van der Waals surface area contributed by atoms with E-state index in [9.17, 15) is 4.79 Å². The molecule has 1 N–H and O–H groups in total. The SMILES string of the molecule is Cc1cnc2c(C=O)cnn2c1NC1CC1.